The fourth-order valence-corrected chi connectivity index (χ4v) is 6.07. The normalized spacial score (nSPS) is 12.3. The van der Waals surface area contributed by atoms with E-state index in [9.17, 15) is 23.9 Å². The Morgan fingerprint density at radius 1 is 0.478 bits per heavy atom. The summed E-state index contributed by atoms with van der Waals surface area (Å²) in [6.07, 6.45) is 33.5. The van der Waals surface area contributed by atoms with E-state index in [2.05, 4.69) is 18.4 Å². The van der Waals surface area contributed by atoms with Gasteiger partial charge in [-0.1, -0.05) is 181 Å². The lowest BCUT2D eigenvalue weighted by Gasteiger charge is -2.30. The fraction of sp³-hybridized carbons (Fsp3) is 0.946. The van der Waals surface area contributed by atoms with Crippen molar-refractivity contribution in [2.45, 2.75) is 213 Å². The standard InChI is InChI=1S/C37H73O8P/c1-3-5-7-9-11-13-15-17-18-20-22-24-26-28-30-32-37(39)45-35(34-44-46(40,41)42)33-43-36(38)31-29-27-25-23-21-19-16-14-12-10-8-6-4-2/h35H,3-34H2,1-2H3,(H2,40,41,42)/p-2/t35-/m1/s1. The van der Waals surface area contributed by atoms with Gasteiger partial charge in [-0.15, -0.1) is 0 Å². The Morgan fingerprint density at radius 3 is 1.11 bits per heavy atom. The summed E-state index contributed by atoms with van der Waals surface area (Å²) in [5.41, 5.74) is 0. The summed E-state index contributed by atoms with van der Waals surface area (Å²) < 4.78 is 25.8. The van der Waals surface area contributed by atoms with Crippen LogP contribution in [0.15, 0.2) is 0 Å². The van der Waals surface area contributed by atoms with Crippen molar-refractivity contribution in [1.29, 1.82) is 0 Å². The molecular formula is C37H71O8P-2. The highest BCUT2D eigenvalue weighted by Gasteiger charge is 2.18. The molecule has 9 heteroatoms. The van der Waals surface area contributed by atoms with Gasteiger partial charge in [-0.05, 0) is 12.8 Å². The topological polar surface area (TPSA) is 125 Å². The quantitative estimate of drug-likeness (QED) is 0.0365. The van der Waals surface area contributed by atoms with Gasteiger partial charge in [-0.25, -0.2) is 0 Å². The number of rotatable bonds is 36. The maximum atomic E-state index is 12.3. The molecule has 0 aliphatic rings. The van der Waals surface area contributed by atoms with Crippen LogP contribution in [0.2, 0.25) is 0 Å². The molecule has 0 aliphatic heterocycles. The number of esters is 2. The van der Waals surface area contributed by atoms with Crippen LogP contribution < -0.4 is 9.79 Å². The highest BCUT2D eigenvalue weighted by molar-refractivity contribution is 7.43. The first-order valence-corrected chi connectivity index (χ1v) is 20.8. The van der Waals surface area contributed by atoms with Gasteiger partial charge in [-0.2, -0.15) is 0 Å². The minimum absolute atomic E-state index is 0.189. The second-order valence-electron chi connectivity index (χ2n) is 13.2. The van der Waals surface area contributed by atoms with Gasteiger partial charge < -0.3 is 28.3 Å². The summed E-state index contributed by atoms with van der Waals surface area (Å²) >= 11 is 0. The van der Waals surface area contributed by atoms with Gasteiger partial charge >= 0.3 is 11.9 Å². The summed E-state index contributed by atoms with van der Waals surface area (Å²) in [7, 11) is -5.24. The summed E-state index contributed by atoms with van der Waals surface area (Å²) in [6.45, 7) is 3.51. The van der Waals surface area contributed by atoms with E-state index in [0.29, 0.717) is 12.8 Å². The first kappa shape index (κ1) is 45.0. The molecule has 0 unspecified atom stereocenters. The molecule has 0 bridgehead atoms. The number of phosphoric acid groups is 1. The first-order chi connectivity index (χ1) is 22.3. The molecule has 0 aliphatic carbocycles. The third-order valence-corrected chi connectivity index (χ3v) is 9.08. The SMILES string of the molecule is CCCCCCCCCCCCCCCCCC(=O)O[C@H](COC(=O)CCCCCCCCCCCCCCC)COP(=O)([O-])[O-]. The van der Waals surface area contributed by atoms with E-state index in [1.165, 1.54) is 135 Å². The minimum atomic E-state index is -5.24. The maximum Gasteiger partial charge on any atom is 0.306 e. The van der Waals surface area contributed by atoms with Gasteiger partial charge in [0.05, 0.1) is 14.4 Å². The molecule has 0 heterocycles. The Bertz CT molecular complexity index is 726. The monoisotopic (exact) mass is 674 g/mol. The first-order valence-electron chi connectivity index (χ1n) is 19.3. The molecule has 0 aromatic rings. The second kappa shape index (κ2) is 33.9. The molecule has 0 aromatic carbocycles. The van der Waals surface area contributed by atoms with E-state index in [1.807, 2.05) is 0 Å². The zero-order valence-corrected chi connectivity index (χ0v) is 30.8. The van der Waals surface area contributed by atoms with E-state index in [4.69, 9.17) is 9.47 Å². The number of ether oxygens (including phenoxy) is 2. The lowest BCUT2D eigenvalue weighted by Crippen LogP contribution is -2.31. The summed E-state index contributed by atoms with van der Waals surface area (Å²) in [6, 6.07) is 0. The molecule has 8 nitrogen and oxygen atoms in total. The van der Waals surface area contributed by atoms with Crippen molar-refractivity contribution in [3.8, 4) is 0 Å². The Kier molecular flexibility index (Phi) is 33.2. The largest absolute Gasteiger partial charge is 0.790 e. The van der Waals surface area contributed by atoms with Crippen molar-refractivity contribution in [1.82, 2.24) is 0 Å². The Labute approximate surface area is 283 Å². The number of hydrogen-bond acceptors (Lipinski definition) is 8. The lowest BCUT2D eigenvalue weighted by atomic mass is 10.0. The third kappa shape index (κ3) is 35.9. The average Bonchev–Trinajstić information content (AvgIpc) is 3.02. The van der Waals surface area contributed by atoms with E-state index in [1.54, 1.807) is 0 Å². The van der Waals surface area contributed by atoms with E-state index in [0.717, 1.165) is 32.1 Å². The van der Waals surface area contributed by atoms with Crippen LogP contribution >= 0.6 is 7.82 Å². The maximum absolute atomic E-state index is 12.3. The molecule has 0 radical (unpaired) electrons. The van der Waals surface area contributed by atoms with Crippen molar-refractivity contribution in [2.24, 2.45) is 0 Å². The van der Waals surface area contributed by atoms with Crippen LogP contribution in [0, 0.1) is 0 Å². The summed E-state index contributed by atoms with van der Waals surface area (Å²) in [5, 5.41) is 0. The number of carbonyl (C=O) groups excluding carboxylic acids is 2. The van der Waals surface area contributed by atoms with E-state index < -0.39 is 32.5 Å². The van der Waals surface area contributed by atoms with Crippen LogP contribution in [0.1, 0.15) is 206 Å². The van der Waals surface area contributed by atoms with Crippen molar-refractivity contribution in [2.75, 3.05) is 13.2 Å². The van der Waals surface area contributed by atoms with Crippen LogP contribution in [0.25, 0.3) is 0 Å². The van der Waals surface area contributed by atoms with Crippen LogP contribution in [0.5, 0.6) is 0 Å². The van der Waals surface area contributed by atoms with Crippen molar-refractivity contribution >= 4 is 19.8 Å². The van der Waals surface area contributed by atoms with Gasteiger partial charge in [-0.3, -0.25) is 9.59 Å². The average molecular weight is 675 g/mol. The van der Waals surface area contributed by atoms with Gasteiger partial charge in [0.1, 0.15) is 6.61 Å². The lowest BCUT2D eigenvalue weighted by molar-refractivity contribution is -0.343. The molecular weight excluding hydrogens is 603 g/mol. The van der Waals surface area contributed by atoms with Crippen molar-refractivity contribution < 1.29 is 37.9 Å². The third-order valence-electron chi connectivity index (χ3n) is 8.62. The van der Waals surface area contributed by atoms with E-state index >= 15 is 0 Å². The molecule has 0 spiro atoms. The number of carbonyl (C=O) groups is 2. The molecule has 1 atom stereocenters. The molecule has 0 saturated heterocycles. The Hall–Kier alpha value is -0.950. The van der Waals surface area contributed by atoms with Crippen LogP contribution in [0.3, 0.4) is 0 Å². The van der Waals surface area contributed by atoms with E-state index in [-0.39, 0.29) is 19.4 Å². The predicted octanol–water partition coefficient (Wildman–Crippen LogP) is 10.0. The van der Waals surface area contributed by atoms with Gasteiger partial charge in [0.25, 0.3) is 0 Å². The number of unbranched alkanes of at least 4 members (excludes halogenated alkanes) is 26. The zero-order chi connectivity index (χ0) is 34.0. The molecule has 0 amide bonds. The van der Waals surface area contributed by atoms with Crippen molar-refractivity contribution in [3.05, 3.63) is 0 Å². The van der Waals surface area contributed by atoms with Crippen molar-refractivity contribution in [3.63, 3.8) is 0 Å². The predicted molar refractivity (Wildman–Crippen MR) is 184 cm³/mol. The molecule has 274 valence electrons. The van der Waals surface area contributed by atoms with Crippen LogP contribution in [-0.4, -0.2) is 31.3 Å². The number of hydrogen-bond donors (Lipinski definition) is 0. The molecule has 0 fully saturated rings. The molecule has 0 saturated carbocycles. The van der Waals surface area contributed by atoms with Gasteiger partial charge in [0.15, 0.2) is 6.10 Å². The van der Waals surface area contributed by atoms with Gasteiger partial charge in [0, 0.05) is 12.8 Å². The Balaban J connectivity index is 3.91. The fourth-order valence-electron chi connectivity index (χ4n) is 5.72. The highest BCUT2D eigenvalue weighted by Crippen LogP contribution is 2.25. The molecule has 46 heavy (non-hydrogen) atoms. The smallest absolute Gasteiger partial charge is 0.306 e. The number of phosphoric ester groups is 1. The van der Waals surface area contributed by atoms with Crippen LogP contribution in [-0.2, 0) is 28.2 Å². The molecule has 0 rings (SSSR count). The van der Waals surface area contributed by atoms with Crippen LogP contribution in [0.4, 0.5) is 0 Å². The molecule has 0 aromatic heterocycles. The summed E-state index contributed by atoms with van der Waals surface area (Å²) in [5.74, 6) is -0.943. The van der Waals surface area contributed by atoms with Gasteiger partial charge in [0.2, 0.25) is 0 Å². The summed E-state index contributed by atoms with van der Waals surface area (Å²) in [4.78, 5) is 46.4. The second-order valence-corrected chi connectivity index (χ2v) is 14.4. The zero-order valence-electron chi connectivity index (χ0n) is 29.9. The Morgan fingerprint density at radius 2 is 0.783 bits per heavy atom. The minimum Gasteiger partial charge on any atom is -0.790 e. The highest BCUT2D eigenvalue weighted by atomic mass is 31.2. The molecule has 0 N–H and O–H groups in total.